The summed E-state index contributed by atoms with van der Waals surface area (Å²) in [6, 6.07) is 16.4. The van der Waals surface area contributed by atoms with Crippen molar-refractivity contribution in [2.75, 3.05) is 30.2 Å². The zero-order chi connectivity index (χ0) is 31.4. The molecule has 1 unspecified atom stereocenters. The van der Waals surface area contributed by atoms with E-state index in [2.05, 4.69) is 15.0 Å². The number of halogens is 1. The molecule has 2 saturated heterocycles. The fourth-order valence-electron chi connectivity index (χ4n) is 4.93. The molecule has 17 heteroatoms. The molecular formula is C28H31ClN5O7PS3. The van der Waals surface area contributed by atoms with Crippen LogP contribution in [0.25, 0.3) is 11.2 Å². The number of nitrogen functional groups attached to an aromatic ring is 1. The van der Waals surface area contributed by atoms with Crippen molar-refractivity contribution in [2.24, 2.45) is 0 Å². The van der Waals surface area contributed by atoms with Crippen LogP contribution in [0.5, 0.6) is 5.75 Å². The van der Waals surface area contributed by atoms with Gasteiger partial charge in [0.15, 0.2) is 16.9 Å². The average molecular weight is 712 g/mol. The quantitative estimate of drug-likeness (QED) is 0.0896. The van der Waals surface area contributed by atoms with Crippen LogP contribution in [-0.2, 0) is 29.9 Å². The first-order chi connectivity index (χ1) is 21.8. The zero-order valence-electron chi connectivity index (χ0n) is 23.8. The van der Waals surface area contributed by atoms with Crippen LogP contribution < -0.4 is 10.3 Å². The van der Waals surface area contributed by atoms with Crippen molar-refractivity contribution in [3.05, 3.63) is 76.2 Å². The molecule has 0 bridgehead atoms. The topological polar surface area (TPSA) is 156 Å². The summed E-state index contributed by atoms with van der Waals surface area (Å²) in [4.78, 5) is 11.3. The number of rotatable bonds is 12. The molecule has 6 rings (SSSR count). The third kappa shape index (κ3) is 8.22. The van der Waals surface area contributed by atoms with Crippen LogP contribution in [0.15, 0.2) is 60.9 Å². The van der Waals surface area contributed by atoms with Gasteiger partial charge < -0.3 is 34.6 Å². The minimum absolute atomic E-state index is 0.0700. The number of hydrogen-bond donors (Lipinski definition) is 3. The lowest BCUT2D eigenvalue weighted by Gasteiger charge is -2.33. The molecule has 4 aromatic rings. The van der Waals surface area contributed by atoms with Gasteiger partial charge in [-0.05, 0) is 23.8 Å². The number of aliphatic hydroxyl groups excluding tert-OH is 1. The normalized spacial score (nSPS) is 24.9. The van der Waals surface area contributed by atoms with Gasteiger partial charge in [-0.2, -0.15) is 0 Å². The van der Waals surface area contributed by atoms with Crippen LogP contribution in [0.4, 0.5) is 5.95 Å². The number of hydrogen-bond acceptors (Lipinski definition) is 13. The van der Waals surface area contributed by atoms with Gasteiger partial charge >= 0.3 is 7.60 Å². The molecule has 12 nitrogen and oxygen atoms in total. The lowest BCUT2D eigenvalue weighted by atomic mass is 10.2. The predicted octanol–water partition coefficient (Wildman–Crippen LogP) is 5.98. The van der Waals surface area contributed by atoms with Crippen molar-refractivity contribution < 1.29 is 32.9 Å². The zero-order valence-corrected chi connectivity index (χ0v) is 27.9. The fourth-order valence-corrected chi connectivity index (χ4v) is 9.44. The molecule has 4 N–H and O–H groups in total. The Kier molecular flexibility index (Phi) is 10.7. The van der Waals surface area contributed by atoms with Gasteiger partial charge in [-0.15, -0.1) is 0 Å². The Bertz CT molecular complexity index is 1720. The van der Waals surface area contributed by atoms with Gasteiger partial charge in [-0.1, -0.05) is 81.8 Å². The van der Waals surface area contributed by atoms with E-state index in [0.29, 0.717) is 34.3 Å². The maximum atomic E-state index is 14.3. The maximum absolute atomic E-state index is 14.3. The van der Waals surface area contributed by atoms with Gasteiger partial charge in [-0.3, -0.25) is 9.09 Å². The predicted molar refractivity (Wildman–Crippen MR) is 177 cm³/mol. The molecule has 2 aromatic carbocycles. The number of fused-ring (bicyclic) bond motifs is 1. The van der Waals surface area contributed by atoms with Crippen molar-refractivity contribution >= 4 is 70.1 Å². The third-order valence-electron chi connectivity index (χ3n) is 7.12. The standard InChI is InChI=1S/C28H31ClN5O7PS3/c29-18-7-4-8-19(9-18)40-42(36,41-23-14-45-44-13-22(23)38-11-17-5-2-1-3-6-17)16-37-12-21-20(35)10-24(39-21)34-15-31-25-26(34)32-28(30)33-27(25)43/h1-9,15,20-24,35H,10-14,16H2,(H3,30,32,33,43)/t20-,21+,22-,23-,24+,42?/m0/s1. The number of benzene rings is 2. The first kappa shape index (κ1) is 32.8. The van der Waals surface area contributed by atoms with Crippen molar-refractivity contribution in [1.29, 1.82) is 0 Å². The Morgan fingerprint density at radius 3 is 2.78 bits per heavy atom. The number of aromatic nitrogens is 4. The van der Waals surface area contributed by atoms with Crippen molar-refractivity contribution in [1.82, 2.24) is 19.5 Å². The summed E-state index contributed by atoms with van der Waals surface area (Å²) in [5, 5.41) is 11.2. The summed E-state index contributed by atoms with van der Waals surface area (Å²) in [5.41, 5.74) is 7.88. The van der Waals surface area contributed by atoms with Crippen LogP contribution >= 0.6 is 53.0 Å². The molecule has 6 atom stereocenters. The van der Waals surface area contributed by atoms with Gasteiger partial charge in [0.05, 0.1) is 31.7 Å². The molecule has 0 radical (unpaired) electrons. The molecule has 2 fully saturated rings. The highest BCUT2D eigenvalue weighted by Crippen LogP contribution is 2.52. The van der Waals surface area contributed by atoms with E-state index in [0.717, 1.165) is 5.56 Å². The van der Waals surface area contributed by atoms with E-state index in [1.807, 2.05) is 30.3 Å². The molecule has 45 heavy (non-hydrogen) atoms. The van der Waals surface area contributed by atoms with Gasteiger partial charge in [0.1, 0.15) is 35.3 Å². The van der Waals surface area contributed by atoms with E-state index in [9.17, 15) is 9.67 Å². The Morgan fingerprint density at radius 1 is 1.18 bits per heavy atom. The van der Waals surface area contributed by atoms with Gasteiger partial charge in [0.25, 0.3) is 0 Å². The average Bonchev–Trinajstić information content (AvgIpc) is 3.60. The second kappa shape index (κ2) is 14.7. The first-order valence-corrected chi connectivity index (χ1v) is 19.0. The number of aromatic amines is 1. The summed E-state index contributed by atoms with van der Waals surface area (Å²) in [5.74, 6) is 1.62. The van der Waals surface area contributed by atoms with Crippen LogP contribution in [0.3, 0.4) is 0 Å². The maximum Gasteiger partial charge on any atom is 0.405 e. The second-order valence-corrected chi connectivity index (χ2v) is 15.7. The summed E-state index contributed by atoms with van der Waals surface area (Å²) >= 11 is 11.4. The van der Waals surface area contributed by atoms with E-state index in [-0.39, 0.29) is 41.8 Å². The molecule has 2 aromatic heterocycles. The smallest absolute Gasteiger partial charge is 0.405 e. The number of imidazole rings is 1. The van der Waals surface area contributed by atoms with E-state index >= 15 is 0 Å². The number of ether oxygens (including phenoxy) is 3. The molecule has 240 valence electrons. The monoisotopic (exact) mass is 711 g/mol. The number of nitrogens with zero attached hydrogens (tertiary/aromatic N) is 3. The Morgan fingerprint density at radius 2 is 1.98 bits per heavy atom. The minimum Gasteiger partial charge on any atom is -0.423 e. The molecule has 2 aliphatic heterocycles. The Labute approximate surface area is 277 Å². The van der Waals surface area contributed by atoms with Crippen molar-refractivity contribution in [2.45, 2.75) is 43.7 Å². The van der Waals surface area contributed by atoms with Crippen molar-refractivity contribution in [3.63, 3.8) is 0 Å². The van der Waals surface area contributed by atoms with Crippen LogP contribution in [-0.4, -0.2) is 73.5 Å². The fraction of sp³-hybridized carbons (Fsp3) is 0.393. The van der Waals surface area contributed by atoms with Gasteiger partial charge in [0, 0.05) is 22.9 Å². The van der Waals surface area contributed by atoms with E-state index in [1.54, 1.807) is 56.7 Å². The van der Waals surface area contributed by atoms with Crippen molar-refractivity contribution in [3.8, 4) is 5.75 Å². The summed E-state index contributed by atoms with van der Waals surface area (Å²) < 4.78 is 46.6. The molecule has 0 amide bonds. The third-order valence-corrected chi connectivity index (χ3v) is 11.6. The Balaban J connectivity index is 1.13. The van der Waals surface area contributed by atoms with Crippen LogP contribution in [0, 0.1) is 4.64 Å². The first-order valence-electron chi connectivity index (χ1n) is 14.0. The number of aliphatic hydroxyl groups is 1. The molecule has 4 heterocycles. The molecule has 0 saturated carbocycles. The largest absolute Gasteiger partial charge is 0.423 e. The lowest BCUT2D eigenvalue weighted by Crippen LogP contribution is -2.38. The summed E-state index contributed by atoms with van der Waals surface area (Å²) in [7, 11) is -0.631. The number of nitrogens with two attached hydrogens (primary N) is 1. The highest BCUT2D eigenvalue weighted by molar-refractivity contribution is 8.76. The summed E-state index contributed by atoms with van der Waals surface area (Å²) in [6.45, 7) is 0.324. The highest BCUT2D eigenvalue weighted by Gasteiger charge is 2.40. The van der Waals surface area contributed by atoms with E-state index in [4.69, 9.17) is 52.8 Å². The SMILES string of the molecule is Nc1nc(=S)c2ncn([C@H]3C[C@H](O)[C@@H](COCP(=O)(Oc4cccc(Cl)c4)O[C@H]4CSSC[C@@H]4OCc4ccccc4)O3)c2[nH]1. The second-order valence-electron chi connectivity index (χ2n) is 10.4. The van der Waals surface area contributed by atoms with Gasteiger partial charge in [-0.25, -0.2) is 14.5 Å². The molecular weight excluding hydrogens is 681 g/mol. The number of nitrogens with one attached hydrogen (secondary N) is 1. The summed E-state index contributed by atoms with van der Waals surface area (Å²) in [6.07, 6.45) is -1.59. The number of H-pyrrole nitrogens is 1. The molecule has 0 spiro atoms. The minimum atomic E-state index is -3.92. The number of anilines is 1. The van der Waals surface area contributed by atoms with Gasteiger partial charge in [0.2, 0.25) is 0 Å². The molecule has 2 aliphatic rings. The van der Waals surface area contributed by atoms with Crippen LogP contribution in [0.2, 0.25) is 5.02 Å². The van der Waals surface area contributed by atoms with Crippen LogP contribution in [0.1, 0.15) is 18.2 Å². The lowest BCUT2D eigenvalue weighted by molar-refractivity contribution is -0.0583. The highest BCUT2D eigenvalue weighted by atomic mass is 35.5. The van der Waals surface area contributed by atoms with E-state index in [1.165, 1.54) is 0 Å². The van der Waals surface area contributed by atoms with E-state index < -0.39 is 32.1 Å². The Hall–Kier alpha value is -2.17. The molecule has 0 aliphatic carbocycles.